The van der Waals surface area contributed by atoms with Crippen molar-refractivity contribution in [1.82, 2.24) is 45.7 Å². The number of aromatic nitrogens is 6. The van der Waals surface area contributed by atoms with Crippen LogP contribution < -0.4 is 20.9 Å². The van der Waals surface area contributed by atoms with Crippen molar-refractivity contribution in [3.8, 4) is 38.2 Å². The number of esters is 1. The van der Waals surface area contributed by atoms with Gasteiger partial charge in [-0.2, -0.15) is 5.10 Å². The first-order valence-electron chi connectivity index (χ1n) is 22.4. The molecular formula is C50H49ClN10O5S2. The van der Waals surface area contributed by atoms with Crippen molar-refractivity contribution in [2.75, 3.05) is 24.5 Å². The van der Waals surface area contributed by atoms with Crippen molar-refractivity contribution >= 4 is 63.8 Å². The Morgan fingerprint density at radius 3 is 2.37 bits per heavy atom. The molecule has 4 aromatic heterocycles. The van der Waals surface area contributed by atoms with Gasteiger partial charge in [0.2, 0.25) is 11.8 Å². The first kappa shape index (κ1) is 46.3. The summed E-state index contributed by atoms with van der Waals surface area (Å²) in [5.74, 6) is -0.0149. The fraction of sp³-hybridized carbons (Fsp3) is 0.300. The zero-order chi connectivity index (χ0) is 47.5. The molecule has 0 bridgehead atoms. The van der Waals surface area contributed by atoms with Gasteiger partial charge in [0, 0.05) is 55.6 Å². The van der Waals surface area contributed by atoms with Crippen LogP contribution in [0.25, 0.3) is 38.2 Å². The lowest BCUT2D eigenvalue weighted by Gasteiger charge is -2.19. The van der Waals surface area contributed by atoms with Gasteiger partial charge in [0.05, 0.1) is 68.7 Å². The van der Waals surface area contributed by atoms with Crippen molar-refractivity contribution in [1.29, 1.82) is 0 Å². The highest BCUT2D eigenvalue weighted by atomic mass is 35.5. The number of carbonyl (C=O) groups is 4. The zero-order valence-corrected chi connectivity index (χ0v) is 40.4. The van der Waals surface area contributed by atoms with Crippen LogP contribution in [-0.4, -0.2) is 78.8 Å². The predicted molar refractivity (Wildman–Crippen MR) is 263 cm³/mol. The minimum atomic E-state index is -0.535. The standard InChI is InChI=1S/C26H24N6O2S.C24H25ClN4O3S/c1-16-5-2-3-8-21(16)32-24-18(15-29-32)12-20-25(24)35-23(30-20)13-22(33)28-14-17-6-4-7-19(11-17)31-10-9-27-26(31)34;1-24(2,3)32-20(31)10-11-26-18(30)12-19-28-17-9-8-14-13-27-23(29-21(14)22(17)33-19)15-6-4-5-7-16(15)25/h2-8,11,15H,9-10,12-14H2,1H3,(H,27,34)(H,28,33);4-7,13H,8-12H2,1-3H3,(H,26,30). The minimum absolute atomic E-state index is 0.0747. The fourth-order valence-electron chi connectivity index (χ4n) is 8.19. The summed E-state index contributed by atoms with van der Waals surface area (Å²) in [5.41, 5.74) is 10.4. The van der Waals surface area contributed by atoms with Crippen LogP contribution in [0.5, 0.6) is 0 Å². The quantitative estimate of drug-likeness (QED) is 0.101. The van der Waals surface area contributed by atoms with Gasteiger partial charge in [-0.25, -0.2) is 29.4 Å². The number of thiazole rings is 2. The molecule has 348 valence electrons. The van der Waals surface area contributed by atoms with Gasteiger partial charge < -0.3 is 20.7 Å². The van der Waals surface area contributed by atoms with Crippen LogP contribution in [0.2, 0.25) is 5.02 Å². The van der Waals surface area contributed by atoms with E-state index >= 15 is 0 Å². The number of hydrogen-bond acceptors (Lipinski definition) is 12. The maximum atomic E-state index is 12.7. The smallest absolute Gasteiger partial charge is 0.321 e. The predicted octanol–water partition coefficient (Wildman–Crippen LogP) is 8.01. The number of ether oxygens (including phenoxy) is 1. The molecule has 0 unspecified atom stereocenters. The summed E-state index contributed by atoms with van der Waals surface area (Å²) in [4.78, 5) is 71.3. The van der Waals surface area contributed by atoms with Crippen LogP contribution in [0.15, 0.2) is 85.2 Å². The molecule has 1 fully saturated rings. The van der Waals surface area contributed by atoms with Gasteiger partial charge in [-0.1, -0.05) is 54.1 Å². The lowest BCUT2D eigenvalue weighted by Crippen LogP contribution is -2.30. The number of aryl methyl sites for hydroxylation is 3. The van der Waals surface area contributed by atoms with Crippen LogP contribution in [0.4, 0.5) is 10.5 Å². The summed E-state index contributed by atoms with van der Waals surface area (Å²) in [6.07, 6.45) is 6.63. The average molecular weight is 970 g/mol. The Kier molecular flexibility index (Phi) is 13.5. The van der Waals surface area contributed by atoms with Gasteiger partial charge in [-0.05, 0) is 87.6 Å². The van der Waals surface area contributed by atoms with E-state index in [2.05, 4.69) is 50.1 Å². The van der Waals surface area contributed by atoms with E-state index in [4.69, 9.17) is 26.3 Å². The van der Waals surface area contributed by atoms with E-state index < -0.39 is 5.60 Å². The van der Waals surface area contributed by atoms with Gasteiger partial charge in [-0.15, -0.1) is 22.7 Å². The number of para-hydroxylation sites is 1. The molecule has 7 aromatic rings. The monoisotopic (exact) mass is 968 g/mol. The second-order valence-corrected chi connectivity index (χ2v) is 20.2. The third-order valence-corrected chi connectivity index (χ3v) is 13.9. The normalized spacial score (nSPS) is 13.4. The SMILES string of the molecule is CC(C)(C)OC(=O)CCNC(=O)Cc1nc2c(s1)-c1nc(-c3ccccc3Cl)ncc1CC2.Cc1ccccc1-n1ncc2c1-c1sc(CC(=O)NCc3cccc(N4CCNC4=O)c3)nc1C2. The maximum absolute atomic E-state index is 12.7. The fourth-order valence-corrected chi connectivity index (χ4v) is 10.7. The molecule has 3 aliphatic rings. The second kappa shape index (κ2) is 19.8. The summed E-state index contributed by atoms with van der Waals surface area (Å²) in [6.45, 7) is 9.44. The molecule has 1 saturated heterocycles. The van der Waals surface area contributed by atoms with Crippen LogP contribution in [-0.2, 0) is 57.8 Å². The van der Waals surface area contributed by atoms with E-state index in [0.29, 0.717) is 30.5 Å². The molecule has 0 atom stereocenters. The van der Waals surface area contributed by atoms with Crippen molar-refractivity contribution in [2.24, 2.45) is 0 Å². The Bertz CT molecular complexity index is 3060. The lowest BCUT2D eigenvalue weighted by molar-refractivity contribution is -0.154. The molecule has 5 heterocycles. The number of rotatable bonds is 12. The van der Waals surface area contributed by atoms with Crippen molar-refractivity contribution in [2.45, 2.75) is 78.4 Å². The number of halogens is 1. The number of fused-ring (bicyclic) bond motifs is 6. The van der Waals surface area contributed by atoms with E-state index in [1.807, 2.05) is 98.5 Å². The van der Waals surface area contributed by atoms with E-state index in [0.717, 1.165) is 95.4 Å². The van der Waals surface area contributed by atoms with E-state index in [9.17, 15) is 19.2 Å². The number of nitrogens with one attached hydrogen (secondary N) is 3. The van der Waals surface area contributed by atoms with Crippen molar-refractivity contribution in [3.05, 3.63) is 134 Å². The molecule has 10 rings (SSSR count). The summed E-state index contributed by atoms with van der Waals surface area (Å²) in [6, 6.07) is 23.3. The summed E-state index contributed by atoms with van der Waals surface area (Å²) in [7, 11) is 0. The third-order valence-electron chi connectivity index (χ3n) is 11.3. The number of urea groups is 1. The molecule has 0 radical (unpaired) electrons. The first-order chi connectivity index (χ1) is 32.8. The molecule has 0 saturated carbocycles. The summed E-state index contributed by atoms with van der Waals surface area (Å²) in [5, 5.41) is 15.3. The van der Waals surface area contributed by atoms with Crippen LogP contribution >= 0.6 is 34.3 Å². The van der Waals surface area contributed by atoms with Gasteiger partial charge in [0.1, 0.15) is 15.6 Å². The molecule has 18 heteroatoms. The van der Waals surface area contributed by atoms with E-state index in [1.165, 1.54) is 16.9 Å². The highest BCUT2D eigenvalue weighted by molar-refractivity contribution is 7.15. The molecule has 3 aromatic carbocycles. The third kappa shape index (κ3) is 10.5. The zero-order valence-electron chi connectivity index (χ0n) is 38.0. The molecule has 4 amide bonds. The number of carbonyl (C=O) groups excluding carboxylic acids is 4. The number of hydrogen-bond donors (Lipinski definition) is 3. The number of nitrogens with zero attached hydrogens (tertiary/aromatic N) is 7. The Balaban J connectivity index is 0.000000170. The topological polar surface area (TPSA) is 186 Å². The first-order valence-corrected chi connectivity index (χ1v) is 24.4. The minimum Gasteiger partial charge on any atom is -0.460 e. The number of amides is 4. The Labute approximate surface area is 406 Å². The van der Waals surface area contributed by atoms with Crippen LogP contribution in [0.1, 0.15) is 70.8 Å². The van der Waals surface area contributed by atoms with Gasteiger partial charge in [-0.3, -0.25) is 19.3 Å². The maximum Gasteiger partial charge on any atom is 0.321 e. The van der Waals surface area contributed by atoms with Gasteiger partial charge in [0.25, 0.3) is 0 Å². The summed E-state index contributed by atoms with van der Waals surface area (Å²) >= 11 is 9.38. The largest absolute Gasteiger partial charge is 0.460 e. The van der Waals surface area contributed by atoms with Crippen molar-refractivity contribution in [3.63, 3.8) is 0 Å². The molecule has 15 nitrogen and oxygen atoms in total. The highest BCUT2D eigenvalue weighted by Crippen LogP contribution is 2.42. The van der Waals surface area contributed by atoms with Gasteiger partial charge in [0.15, 0.2) is 5.82 Å². The summed E-state index contributed by atoms with van der Waals surface area (Å²) < 4.78 is 7.25. The van der Waals surface area contributed by atoms with E-state index in [-0.39, 0.29) is 49.6 Å². The number of benzene rings is 3. The molecule has 0 spiro atoms. The van der Waals surface area contributed by atoms with Crippen LogP contribution in [0, 0.1) is 6.92 Å². The molecule has 1 aliphatic heterocycles. The average Bonchev–Trinajstić information content (AvgIpc) is 4.15. The Morgan fingerprint density at radius 2 is 1.60 bits per heavy atom. The highest BCUT2D eigenvalue weighted by Gasteiger charge is 2.30. The molecule has 3 N–H and O–H groups in total. The van der Waals surface area contributed by atoms with E-state index in [1.54, 1.807) is 16.2 Å². The number of anilines is 1. The second-order valence-electron chi connectivity index (χ2n) is 17.6. The van der Waals surface area contributed by atoms with Gasteiger partial charge >= 0.3 is 12.0 Å². The Morgan fingerprint density at radius 1 is 0.853 bits per heavy atom. The molecular weight excluding hydrogens is 920 g/mol. The molecule has 68 heavy (non-hydrogen) atoms. The lowest BCUT2D eigenvalue weighted by atomic mass is 9.99. The Hall–Kier alpha value is -6.82. The van der Waals surface area contributed by atoms with Crippen LogP contribution in [0.3, 0.4) is 0 Å². The van der Waals surface area contributed by atoms with Crippen molar-refractivity contribution < 1.29 is 23.9 Å². The molecule has 2 aliphatic carbocycles.